The quantitative estimate of drug-likeness (QED) is 0.897. The summed E-state index contributed by atoms with van der Waals surface area (Å²) in [6, 6.07) is 9.45. The van der Waals surface area contributed by atoms with E-state index in [0.717, 1.165) is 15.9 Å². The molecule has 94 valence electrons. The average molecular weight is 373 g/mol. The lowest BCUT2D eigenvalue weighted by Gasteiger charge is -2.06. The Bertz CT molecular complexity index is 563. The molecular weight excluding hydrogens is 362 g/mol. The number of nitrogens with one attached hydrogen (secondary N) is 1. The van der Waals surface area contributed by atoms with Gasteiger partial charge in [-0.05, 0) is 50.9 Å². The van der Waals surface area contributed by atoms with E-state index in [4.69, 9.17) is 0 Å². The van der Waals surface area contributed by atoms with Crippen molar-refractivity contribution in [3.05, 3.63) is 45.1 Å². The van der Waals surface area contributed by atoms with Crippen molar-refractivity contribution in [2.45, 2.75) is 13.5 Å². The van der Waals surface area contributed by atoms with Gasteiger partial charge in [0, 0.05) is 11.8 Å². The number of rotatable bonds is 3. The molecule has 0 saturated carbocycles. The van der Waals surface area contributed by atoms with Crippen LogP contribution in [0.5, 0.6) is 0 Å². The molecule has 1 aromatic heterocycles. The molecule has 0 unspecified atom stereocenters. The van der Waals surface area contributed by atoms with Crippen molar-refractivity contribution >= 4 is 43.5 Å². The van der Waals surface area contributed by atoms with E-state index in [9.17, 15) is 4.79 Å². The molecule has 1 heterocycles. The first-order valence-corrected chi connectivity index (χ1v) is 6.88. The summed E-state index contributed by atoms with van der Waals surface area (Å²) >= 11 is 6.59. The molecule has 1 amide bonds. The first-order chi connectivity index (χ1) is 8.54. The van der Waals surface area contributed by atoms with Crippen LogP contribution in [0.3, 0.4) is 0 Å². The second kappa shape index (κ2) is 5.67. The maximum atomic E-state index is 11.8. The zero-order valence-electron chi connectivity index (χ0n) is 9.65. The number of amides is 1. The van der Waals surface area contributed by atoms with Crippen molar-refractivity contribution in [1.29, 1.82) is 0 Å². The van der Waals surface area contributed by atoms with Crippen LogP contribution < -0.4 is 5.32 Å². The summed E-state index contributed by atoms with van der Waals surface area (Å²) in [6.07, 6.45) is 0. The molecule has 0 aliphatic heterocycles. The molecule has 6 heteroatoms. The third-order valence-corrected chi connectivity index (χ3v) is 3.36. The van der Waals surface area contributed by atoms with Crippen LogP contribution in [0.4, 0.5) is 5.69 Å². The normalized spacial score (nSPS) is 10.4. The van der Waals surface area contributed by atoms with E-state index in [0.29, 0.717) is 4.60 Å². The fourth-order valence-electron chi connectivity index (χ4n) is 1.45. The summed E-state index contributed by atoms with van der Waals surface area (Å²) in [5.74, 6) is -0.116. The van der Waals surface area contributed by atoms with Gasteiger partial charge in [-0.15, -0.1) is 0 Å². The second-order valence-electron chi connectivity index (χ2n) is 3.86. The van der Waals surface area contributed by atoms with Crippen LogP contribution >= 0.6 is 31.9 Å². The third-order valence-electron chi connectivity index (χ3n) is 2.33. The molecule has 4 nitrogen and oxygen atoms in total. The van der Waals surface area contributed by atoms with Crippen molar-refractivity contribution in [1.82, 2.24) is 9.78 Å². The first-order valence-electron chi connectivity index (χ1n) is 5.30. The molecule has 0 fully saturated rings. The van der Waals surface area contributed by atoms with Gasteiger partial charge in [0.2, 0.25) is 5.91 Å². The largest absolute Gasteiger partial charge is 0.324 e. The third kappa shape index (κ3) is 3.43. The van der Waals surface area contributed by atoms with Gasteiger partial charge in [-0.1, -0.05) is 17.7 Å². The monoisotopic (exact) mass is 371 g/mol. The van der Waals surface area contributed by atoms with Crippen LogP contribution in [0.2, 0.25) is 0 Å². The molecule has 0 saturated heterocycles. The maximum absolute atomic E-state index is 11.8. The highest BCUT2D eigenvalue weighted by atomic mass is 79.9. The van der Waals surface area contributed by atoms with Gasteiger partial charge in [-0.3, -0.25) is 4.79 Å². The molecule has 18 heavy (non-hydrogen) atoms. The Morgan fingerprint density at radius 2 is 2.00 bits per heavy atom. The molecular formula is C12H11Br2N3O. The van der Waals surface area contributed by atoms with E-state index in [1.807, 2.05) is 31.2 Å². The number of hydrogen-bond acceptors (Lipinski definition) is 2. The molecule has 0 aliphatic carbocycles. The van der Waals surface area contributed by atoms with Crippen molar-refractivity contribution in [2.75, 3.05) is 5.32 Å². The number of aryl methyl sites for hydroxylation is 1. The maximum Gasteiger partial charge on any atom is 0.246 e. The molecule has 0 aliphatic rings. The Morgan fingerprint density at radius 3 is 2.56 bits per heavy atom. The molecule has 1 N–H and O–H groups in total. The molecule has 0 atom stereocenters. The van der Waals surface area contributed by atoms with Crippen LogP contribution in [-0.4, -0.2) is 15.7 Å². The van der Waals surface area contributed by atoms with E-state index in [-0.39, 0.29) is 12.5 Å². The molecule has 0 spiro atoms. The summed E-state index contributed by atoms with van der Waals surface area (Å²) in [5.41, 5.74) is 1.94. The smallest absolute Gasteiger partial charge is 0.246 e. The minimum Gasteiger partial charge on any atom is -0.324 e. The van der Waals surface area contributed by atoms with Gasteiger partial charge in [0.15, 0.2) is 0 Å². The Kier molecular flexibility index (Phi) is 4.19. The number of nitrogens with zero attached hydrogens (tertiary/aromatic N) is 2. The molecule has 0 radical (unpaired) electrons. The van der Waals surface area contributed by atoms with Crippen LogP contribution in [0.15, 0.2) is 39.5 Å². The highest BCUT2D eigenvalue weighted by Crippen LogP contribution is 2.16. The van der Waals surface area contributed by atoms with E-state index < -0.39 is 0 Å². The average Bonchev–Trinajstić information content (AvgIpc) is 2.61. The lowest BCUT2D eigenvalue weighted by molar-refractivity contribution is -0.116. The van der Waals surface area contributed by atoms with Crippen molar-refractivity contribution in [3.8, 4) is 0 Å². The number of carbonyl (C=O) groups excluding carboxylic acids is 1. The van der Waals surface area contributed by atoms with Gasteiger partial charge >= 0.3 is 0 Å². The number of halogens is 2. The summed E-state index contributed by atoms with van der Waals surface area (Å²) in [7, 11) is 0. The minimum atomic E-state index is -0.116. The SMILES string of the molecule is Cc1ccc(NC(=O)Cn2nc(Br)cc2Br)cc1. The zero-order chi connectivity index (χ0) is 13.1. The topological polar surface area (TPSA) is 46.9 Å². The fraction of sp³-hybridized carbons (Fsp3) is 0.167. The summed E-state index contributed by atoms with van der Waals surface area (Å²) in [5, 5.41) is 6.95. The van der Waals surface area contributed by atoms with E-state index >= 15 is 0 Å². The van der Waals surface area contributed by atoms with Crippen LogP contribution in [-0.2, 0) is 11.3 Å². The van der Waals surface area contributed by atoms with Crippen LogP contribution in [0, 0.1) is 6.92 Å². The van der Waals surface area contributed by atoms with Gasteiger partial charge in [0.05, 0.1) is 0 Å². The molecule has 0 bridgehead atoms. The summed E-state index contributed by atoms with van der Waals surface area (Å²) in [4.78, 5) is 11.8. The van der Waals surface area contributed by atoms with E-state index in [1.54, 1.807) is 10.7 Å². The van der Waals surface area contributed by atoms with Crippen molar-refractivity contribution < 1.29 is 4.79 Å². The number of hydrogen-bond donors (Lipinski definition) is 1. The highest BCUT2D eigenvalue weighted by Gasteiger charge is 2.08. The predicted octanol–water partition coefficient (Wildman–Crippen LogP) is 3.36. The van der Waals surface area contributed by atoms with Crippen molar-refractivity contribution in [3.63, 3.8) is 0 Å². The molecule has 2 aromatic rings. The Balaban J connectivity index is 2.01. The Morgan fingerprint density at radius 1 is 1.33 bits per heavy atom. The second-order valence-corrected chi connectivity index (χ2v) is 5.49. The lowest BCUT2D eigenvalue weighted by Crippen LogP contribution is -2.19. The highest BCUT2D eigenvalue weighted by molar-refractivity contribution is 9.11. The molecule has 1 aromatic carbocycles. The van der Waals surface area contributed by atoms with Gasteiger partial charge < -0.3 is 5.32 Å². The lowest BCUT2D eigenvalue weighted by atomic mass is 10.2. The van der Waals surface area contributed by atoms with E-state index in [1.165, 1.54) is 0 Å². The van der Waals surface area contributed by atoms with Gasteiger partial charge in [0.1, 0.15) is 15.8 Å². The van der Waals surface area contributed by atoms with Crippen molar-refractivity contribution in [2.24, 2.45) is 0 Å². The number of anilines is 1. The minimum absolute atomic E-state index is 0.116. The van der Waals surface area contributed by atoms with E-state index in [2.05, 4.69) is 42.3 Å². The number of carbonyl (C=O) groups is 1. The summed E-state index contributed by atoms with van der Waals surface area (Å²) in [6.45, 7) is 2.17. The number of benzene rings is 1. The summed E-state index contributed by atoms with van der Waals surface area (Å²) < 4.78 is 3.03. The Hall–Kier alpha value is -1.14. The van der Waals surface area contributed by atoms with Crippen LogP contribution in [0.1, 0.15) is 5.56 Å². The van der Waals surface area contributed by atoms with Gasteiger partial charge in [-0.25, -0.2) is 4.68 Å². The van der Waals surface area contributed by atoms with Crippen LogP contribution in [0.25, 0.3) is 0 Å². The number of aromatic nitrogens is 2. The zero-order valence-corrected chi connectivity index (χ0v) is 12.8. The fourth-order valence-corrected chi connectivity index (χ4v) is 2.59. The Labute approximate surface area is 122 Å². The van der Waals surface area contributed by atoms with Gasteiger partial charge in [-0.2, -0.15) is 5.10 Å². The van der Waals surface area contributed by atoms with Gasteiger partial charge in [0.25, 0.3) is 0 Å². The standard InChI is InChI=1S/C12H11Br2N3O/c1-8-2-4-9(5-3-8)15-12(18)7-17-11(14)6-10(13)16-17/h2-6H,7H2,1H3,(H,15,18). The first kappa shape index (κ1) is 13.3. The predicted molar refractivity (Wildman–Crippen MR) is 77.4 cm³/mol. The molecule has 2 rings (SSSR count).